The maximum atomic E-state index is 10.4. The predicted molar refractivity (Wildman–Crippen MR) is 105 cm³/mol. The Hall–Kier alpha value is -2.96. The third-order valence-corrected chi connectivity index (χ3v) is 7.42. The lowest BCUT2D eigenvalue weighted by atomic mass is 9.51. The quantitative estimate of drug-likeness (QED) is 0.780. The van der Waals surface area contributed by atoms with Crippen LogP contribution in [0.2, 0.25) is 0 Å². The van der Waals surface area contributed by atoms with Crippen molar-refractivity contribution in [3.8, 4) is 18.2 Å². The van der Waals surface area contributed by atoms with E-state index in [1.54, 1.807) is 0 Å². The summed E-state index contributed by atoms with van der Waals surface area (Å²) in [7, 11) is 0. The van der Waals surface area contributed by atoms with Crippen molar-refractivity contribution in [3.05, 3.63) is 35.4 Å². The molecule has 4 unspecified atom stereocenters. The second-order valence-corrected chi connectivity index (χ2v) is 8.65. The molecule has 3 heterocycles. The minimum Gasteiger partial charge on any atom is -0.447 e. The SMILES string of the molecule is CCc1ccc(C2OC34CCC5(CC3C(C#N)(C(=N)O4)C2(C#N)C#N)OCCO5)cc1. The number of nitrogens with one attached hydrogen (secondary N) is 1. The summed E-state index contributed by atoms with van der Waals surface area (Å²) in [5.74, 6) is -3.31. The van der Waals surface area contributed by atoms with Crippen molar-refractivity contribution in [2.45, 2.75) is 50.3 Å². The second-order valence-electron chi connectivity index (χ2n) is 8.65. The Morgan fingerprint density at radius 1 is 1.03 bits per heavy atom. The van der Waals surface area contributed by atoms with E-state index in [0.29, 0.717) is 31.6 Å². The molecule has 8 heteroatoms. The highest BCUT2D eigenvalue weighted by atomic mass is 16.7. The van der Waals surface area contributed by atoms with Crippen LogP contribution in [-0.2, 0) is 25.4 Å². The zero-order valence-electron chi connectivity index (χ0n) is 17.2. The molecule has 1 aromatic carbocycles. The molecule has 3 saturated heterocycles. The van der Waals surface area contributed by atoms with Gasteiger partial charge in [0.15, 0.2) is 11.2 Å². The van der Waals surface area contributed by atoms with E-state index in [1.165, 1.54) is 0 Å². The summed E-state index contributed by atoms with van der Waals surface area (Å²) in [6.07, 6.45) is 0.838. The summed E-state index contributed by atoms with van der Waals surface area (Å²) >= 11 is 0. The Kier molecular flexibility index (Phi) is 4.20. The summed E-state index contributed by atoms with van der Waals surface area (Å²) in [4.78, 5) is 0. The predicted octanol–water partition coefficient (Wildman–Crippen LogP) is 3.11. The highest BCUT2D eigenvalue weighted by Crippen LogP contribution is 2.70. The summed E-state index contributed by atoms with van der Waals surface area (Å²) in [6, 6.07) is 13.9. The van der Waals surface area contributed by atoms with Crippen molar-refractivity contribution in [3.63, 3.8) is 0 Å². The Bertz CT molecular complexity index is 1050. The van der Waals surface area contributed by atoms with E-state index in [4.69, 9.17) is 24.4 Å². The number of rotatable bonds is 2. The van der Waals surface area contributed by atoms with Crippen molar-refractivity contribution < 1.29 is 18.9 Å². The molecule has 0 radical (unpaired) electrons. The lowest BCUT2D eigenvalue weighted by molar-refractivity contribution is -0.330. The van der Waals surface area contributed by atoms with Crippen LogP contribution in [0.3, 0.4) is 0 Å². The Morgan fingerprint density at radius 3 is 2.29 bits per heavy atom. The van der Waals surface area contributed by atoms with Crippen LogP contribution in [-0.4, -0.2) is 30.7 Å². The lowest BCUT2D eigenvalue weighted by Crippen LogP contribution is -2.63. The summed E-state index contributed by atoms with van der Waals surface area (Å²) in [5.41, 5.74) is -2.04. The molecule has 3 aliphatic heterocycles. The van der Waals surface area contributed by atoms with Gasteiger partial charge in [-0.2, -0.15) is 15.8 Å². The summed E-state index contributed by atoms with van der Waals surface area (Å²) in [5, 5.41) is 39.8. The number of nitrogens with zero attached hydrogens (tertiary/aromatic N) is 3. The third-order valence-electron chi connectivity index (χ3n) is 7.42. The fourth-order valence-corrected chi connectivity index (χ4v) is 5.78. The fourth-order valence-electron chi connectivity index (χ4n) is 5.78. The van der Waals surface area contributed by atoms with Crippen LogP contribution < -0.4 is 0 Å². The van der Waals surface area contributed by atoms with Crippen molar-refractivity contribution >= 4 is 5.90 Å². The summed E-state index contributed by atoms with van der Waals surface area (Å²) < 4.78 is 24.1. The van der Waals surface area contributed by atoms with E-state index in [-0.39, 0.29) is 12.3 Å². The Labute approximate surface area is 180 Å². The van der Waals surface area contributed by atoms with E-state index in [9.17, 15) is 15.8 Å². The third kappa shape index (κ3) is 2.29. The number of aryl methyl sites for hydroxylation is 1. The molecule has 1 aliphatic carbocycles. The van der Waals surface area contributed by atoms with Crippen LogP contribution in [0, 0.1) is 56.2 Å². The van der Waals surface area contributed by atoms with E-state index >= 15 is 0 Å². The lowest BCUT2D eigenvalue weighted by Gasteiger charge is -2.54. The van der Waals surface area contributed by atoms with Crippen molar-refractivity contribution in [1.29, 1.82) is 21.2 Å². The molecule has 1 saturated carbocycles. The van der Waals surface area contributed by atoms with Gasteiger partial charge in [-0.25, -0.2) is 0 Å². The van der Waals surface area contributed by atoms with Crippen LogP contribution in [0.25, 0.3) is 0 Å². The minimum absolute atomic E-state index is 0.218. The van der Waals surface area contributed by atoms with E-state index in [0.717, 1.165) is 12.0 Å². The van der Waals surface area contributed by atoms with Gasteiger partial charge in [-0.1, -0.05) is 31.2 Å². The van der Waals surface area contributed by atoms with Crippen LogP contribution in [0.4, 0.5) is 0 Å². The topological polar surface area (TPSA) is 132 Å². The van der Waals surface area contributed by atoms with Gasteiger partial charge in [0.1, 0.15) is 6.10 Å². The molecule has 158 valence electrons. The highest BCUT2D eigenvalue weighted by molar-refractivity contribution is 5.89. The van der Waals surface area contributed by atoms with Crippen molar-refractivity contribution in [2.75, 3.05) is 13.2 Å². The fraction of sp³-hybridized carbons (Fsp3) is 0.565. The average Bonchev–Trinajstić information content (AvgIpc) is 3.33. The van der Waals surface area contributed by atoms with Gasteiger partial charge in [0.05, 0.1) is 37.3 Å². The van der Waals surface area contributed by atoms with Gasteiger partial charge < -0.3 is 18.9 Å². The number of benzene rings is 1. The first-order valence-electron chi connectivity index (χ1n) is 10.5. The monoisotopic (exact) mass is 418 g/mol. The average molecular weight is 418 g/mol. The first-order valence-corrected chi connectivity index (χ1v) is 10.5. The van der Waals surface area contributed by atoms with E-state index in [2.05, 4.69) is 18.2 Å². The largest absolute Gasteiger partial charge is 0.447 e. The standard InChI is InChI=1S/C23H22N4O4/c1-2-15-3-5-16(6-4-15)18-20(12-24,13-25)22(14-26)17-11-21(28-9-10-29-21)7-8-23(17,30-18)31-19(22)27/h3-6,17-18,27H,2,7-11H2,1H3. The zero-order valence-corrected chi connectivity index (χ0v) is 17.2. The minimum atomic E-state index is -1.96. The molecule has 8 nitrogen and oxygen atoms in total. The van der Waals surface area contributed by atoms with Gasteiger partial charge in [0.25, 0.3) is 0 Å². The van der Waals surface area contributed by atoms with Crippen LogP contribution in [0.5, 0.6) is 0 Å². The number of nitriles is 3. The molecule has 1 aromatic rings. The van der Waals surface area contributed by atoms with E-state index in [1.807, 2.05) is 31.2 Å². The van der Waals surface area contributed by atoms with Crippen LogP contribution in [0.1, 0.15) is 43.4 Å². The number of hydrogen-bond donors (Lipinski definition) is 1. The molecule has 1 spiro atoms. The van der Waals surface area contributed by atoms with Crippen molar-refractivity contribution in [1.82, 2.24) is 0 Å². The molecule has 31 heavy (non-hydrogen) atoms. The molecule has 0 amide bonds. The molecule has 0 aromatic heterocycles. The summed E-state index contributed by atoms with van der Waals surface area (Å²) in [6.45, 7) is 2.91. The van der Waals surface area contributed by atoms with Gasteiger partial charge in [0.2, 0.25) is 17.1 Å². The molecular formula is C23H22N4O4. The molecule has 4 fully saturated rings. The molecular weight excluding hydrogens is 396 g/mol. The maximum absolute atomic E-state index is 10.4. The van der Waals surface area contributed by atoms with Crippen molar-refractivity contribution in [2.24, 2.45) is 16.7 Å². The van der Waals surface area contributed by atoms with Gasteiger partial charge >= 0.3 is 0 Å². The zero-order chi connectivity index (χ0) is 21.9. The smallest absolute Gasteiger partial charge is 0.218 e. The number of hydrogen-bond acceptors (Lipinski definition) is 8. The van der Waals surface area contributed by atoms with Gasteiger partial charge in [-0.15, -0.1) is 0 Å². The maximum Gasteiger partial charge on any atom is 0.218 e. The Balaban J connectivity index is 1.69. The number of ether oxygens (including phenoxy) is 4. The van der Waals surface area contributed by atoms with Crippen LogP contribution in [0.15, 0.2) is 24.3 Å². The molecule has 5 rings (SSSR count). The van der Waals surface area contributed by atoms with Gasteiger partial charge in [-0.3, -0.25) is 5.41 Å². The molecule has 4 atom stereocenters. The van der Waals surface area contributed by atoms with Gasteiger partial charge in [0, 0.05) is 19.3 Å². The first-order chi connectivity index (χ1) is 14.9. The normalized spacial score (nSPS) is 36.6. The van der Waals surface area contributed by atoms with Gasteiger partial charge in [-0.05, 0) is 17.5 Å². The second kappa shape index (κ2) is 6.52. The molecule has 2 bridgehead atoms. The Morgan fingerprint density at radius 2 is 1.71 bits per heavy atom. The van der Waals surface area contributed by atoms with E-state index < -0.39 is 34.4 Å². The first kappa shape index (κ1) is 20.0. The highest BCUT2D eigenvalue weighted by Gasteiger charge is 2.82. The molecule has 1 N–H and O–H groups in total. The van der Waals surface area contributed by atoms with Crippen LogP contribution >= 0.6 is 0 Å². The molecule has 4 aliphatic rings.